The van der Waals surface area contributed by atoms with Crippen molar-refractivity contribution >= 4 is 48.3 Å². The predicted octanol–water partition coefficient (Wildman–Crippen LogP) is 4.17. The monoisotopic (exact) mass is 430 g/mol. The SMILES string of the molecule is O=C1CCCN(S(=O)(=O)c2cc(Br)cc3cccnc23)c2ccccc21. The highest BCUT2D eigenvalue weighted by Gasteiger charge is 2.32. The summed E-state index contributed by atoms with van der Waals surface area (Å²) < 4.78 is 29.1. The van der Waals surface area contributed by atoms with E-state index in [2.05, 4.69) is 20.9 Å². The number of fused-ring (bicyclic) bond motifs is 2. The molecule has 1 aliphatic rings. The number of hydrogen-bond acceptors (Lipinski definition) is 4. The molecule has 2 aromatic carbocycles. The summed E-state index contributed by atoms with van der Waals surface area (Å²) in [5.41, 5.74) is 1.30. The largest absolute Gasteiger partial charge is 0.294 e. The van der Waals surface area contributed by atoms with Crippen molar-refractivity contribution in [1.29, 1.82) is 0 Å². The molecule has 0 spiro atoms. The number of ketones is 1. The second kappa shape index (κ2) is 6.48. The van der Waals surface area contributed by atoms with E-state index in [0.29, 0.717) is 34.1 Å². The molecule has 0 fully saturated rings. The molecule has 0 saturated heterocycles. The van der Waals surface area contributed by atoms with Crippen LogP contribution in [-0.2, 0) is 10.0 Å². The smallest absolute Gasteiger partial charge is 0.266 e. The van der Waals surface area contributed by atoms with E-state index in [1.54, 1.807) is 42.6 Å². The molecular formula is C19H15BrN2O3S. The number of nitrogens with zero attached hydrogens (tertiary/aromatic N) is 2. The molecule has 0 bridgehead atoms. The van der Waals surface area contributed by atoms with Gasteiger partial charge in [-0.15, -0.1) is 0 Å². The summed E-state index contributed by atoms with van der Waals surface area (Å²) in [4.78, 5) is 16.8. The summed E-state index contributed by atoms with van der Waals surface area (Å²) in [7, 11) is -3.88. The minimum atomic E-state index is -3.88. The van der Waals surface area contributed by atoms with Gasteiger partial charge in [0.1, 0.15) is 4.90 Å². The minimum absolute atomic E-state index is 0.0319. The number of carbonyl (C=O) groups excluding carboxylic acids is 1. The fourth-order valence-electron chi connectivity index (χ4n) is 3.25. The average Bonchev–Trinajstić information content (AvgIpc) is 2.80. The lowest BCUT2D eigenvalue weighted by Crippen LogP contribution is -2.32. The van der Waals surface area contributed by atoms with Crippen molar-refractivity contribution in [2.45, 2.75) is 17.7 Å². The molecule has 1 aliphatic heterocycles. The van der Waals surface area contributed by atoms with Gasteiger partial charge in [-0.05, 0) is 36.8 Å². The molecule has 26 heavy (non-hydrogen) atoms. The zero-order valence-electron chi connectivity index (χ0n) is 13.7. The zero-order chi connectivity index (χ0) is 18.3. The average molecular weight is 431 g/mol. The van der Waals surface area contributed by atoms with Crippen LogP contribution in [0.4, 0.5) is 5.69 Å². The van der Waals surface area contributed by atoms with Crippen LogP contribution in [0.25, 0.3) is 10.9 Å². The van der Waals surface area contributed by atoms with E-state index in [1.807, 2.05) is 12.1 Å². The molecule has 0 amide bonds. The molecule has 2 heterocycles. The molecule has 0 unspecified atom stereocenters. The fourth-order valence-corrected chi connectivity index (χ4v) is 5.60. The van der Waals surface area contributed by atoms with Crippen LogP contribution in [0.2, 0.25) is 0 Å². The number of benzene rings is 2. The number of sulfonamides is 1. The highest BCUT2D eigenvalue weighted by Crippen LogP contribution is 2.34. The predicted molar refractivity (Wildman–Crippen MR) is 104 cm³/mol. The topological polar surface area (TPSA) is 67.3 Å². The molecule has 0 N–H and O–H groups in total. The molecule has 0 atom stereocenters. The fraction of sp³-hybridized carbons (Fsp3) is 0.158. The summed E-state index contributed by atoms with van der Waals surface area (Å²) in [5.74, 6) is -0.0319. The van der Waals surface area contributed by atoms with Crippen LogP contribution in [-0.4, -0.2) is 25.7 Å². The van der Waals surface area contributed by atoms with Gasteiger partial charge >= 0.3 is 0 Å². The molecule has 3 aromatic rings. The number of carbonyl (C=O) groups is 1. The van der Waals surface area contributed by atoms with Crippen LogP contribution in [0, 0.1) is 0 Å². The Morgan fingerprint density at radius 1 is 1.08 bits per heavy atom. The Kier molecular flexibility index (Phi) is 4.28. The maximum Gasteiger partial charge on any atom is 0.266 e. The van der Waals surface area contributed by atoms with Crippen molar-refractivity contribution in [2.24, 2.45) is 0 Å². The Bertz CT molecular complexity index is 1130. The first kappa shape index (κ1) is 17.2. The van der Waals surface area contributed by atoms with Crippen LogP contribution < -0.4 is 4.31 Å². The van der Waals surface area contributed by atoms with Gasteiger partial charge in [-0.3, -0.25) is 14.1 Å². The molecule has 4 rings (SSSR count). The summed E-state index contributed by atoms with van der Waals surface area (Å²) in [6.45, 7) is 0.256. The lowest BCUT2D eigenvalue weighted by Gasteiger charge is -2.24. The van der Waals surface area contributed by atoms with Gasteiger partial charge in [0.15, 0.2) is 5.78 Å². The van der Waals surface area contributed by atoms with E-state index in [4.69, 9.17) is 0 Å². The minimum Gasteiger partial charge on any atom is -0.294 e. The van der Waals surface area contributed by atoms with Crippen molar-refractivity contribution in [1.82, 2.24) is 4.98 Å². The van der Waals surface area contributed by atoms with E-state index < -0.39 is 10.0 Å². The van der Waals surface area contributed by atoms with E-state index in [9.17, 15) is 13.2 Å². The number of aromatic nitrogens is 1. The third-order valence-corrected chi connectivity index (χ3v) is 6.73. The molecular weight excluding hydrogens is 416 g/mol. The Morgan fingerprint density at radius 2 is 1.88 bits per heavy atom. The quantitative estimate of drug-likeness (QED) is 0.611. The van der Waals surface area contributed by atoms with Gasteiger partial charge in [-0.25, -0.2) is 8.42 Å². The number of para-hydroxylation sites is 1. The highest BCUT2D eigenvalue weighted by molar-refractivity contribution is 9.10. The summed E-state index contributed by atoms with van der Waals surface area (Å²) in [6.07, 6.45) is 2.39. The summed E-state index contributed by atoms with van der Waals surface area (Å²) in [6, 6.07) is 13.9. The van der Waals surface area contributed by atoms with Gasteiger partial charge in [0, 0.05) is 34.6 Å². The van der Waals surface area contributed by atoms with E-state index in [1.165, 1.54) is 4.31 Å². The normalized spacial score (nSPS) is 15.0. The van der Waals surface area contributed by atoms with Gasteiger partial charge in [-0.1, -0.05) is 34.1 Å². The van der Waals surface area contributed by atoms with Crippen LogP contribution in [0.5, 0.6) is 0 Å². The number of pyridine rings is 1. The van der Waals surface area contributed by atoms with Gasteiger partial charge in [0.2, 0.25) is 0 Å². The van der Waals surface area contributed by atoms with Crippen LogP contribution in [0.1, 0.15) is 23.2 Å². The first-order valence-corrected chi connectivity index (χ1v) is 10.4. The number of Topliss-reactive ketones (excluding diaryl/α,β-unsaturated/α-hetero) is 1. The number of halogens is 1. The number of hydrogen-bond donors (Lipinski definition) is 0. The van der Waals surface area contributed by atoms with Gasteiger partial charge in [0.25, 0.3) is 10.0 Å². The second-order valence-electron chi connectivity index (χ2n) is 6.10. The second-order valence-corrected chi connectivity index (χ2v) is 8.85. The third kappa shape index (κ3) is 2.81. The molecule has 0 radical (unpaired) electrons. The van der Waals surface area contributed by atoms with Crippen molar-refractivity contribution in [2.75, 3.05) is 10.8 Å². The Balaban J connectivity index is 1.96. The lowest BCUT2D eigenvalue weighted by molar-refractivity contribution is 0.0984. The molecule has 132 valence electrons. The van der Waals surface area contributed by atoms with Gasteiger partial charge in [0.05, 0.1) is 11.2 Å². The molecule has 7 heteroatoms. The van der Waals surface area contributed by atoms with E-state index in [-0.39, 0.29) is 17.2 Å². The van der Waals surface area contributed by atoms with E-state index in [0.717, 1.165) is 5.39 Å². The first-order valence-electron chi connectivity index (χ1n) is 8.18. The standard InChI is InChI=1S/C19H15BrN2O3S/c20-14-11-13-5-3-9-21-19(13)18(12-14)26(24,25)22-10-4-8-17(23)15-6-1-2-7-16(15)22/h1-3,5-7,9,11-12H,4,8,10H2. The maximum absolute atomic E-state index is 13.5. The lowest BCUT2D eigenvalue weighted by atomic mass is 10.1. The Morgan fingerprint density at radius 3 is 2.73 bits per heavy atom. The summed E-state index contributed by atoms with van der Waals surface area (Å²) >= 11 is 3.39. The molecule has 1 aromatic heterocycles. The van der Waals surface area contributed by atoms with Crippen LogP contribution in [0.3, 0.4) is 0 Å². The van der Waals surface area contributed by atoms with Gasteiger partial charge < -0.3 is 0 Å². The molecule has 5 nitrogen and oxygen atoms in total. The van der Waals surface area contributed by atoms with Crippen molar-refractivity contribution in [3.63, 3.8) is 0 Å². The number of anilines is 1. The molecule has 0 saturated carbocycles. The Hall–Kier alpha value is -2.25. The first-order chi connectivity index (χ1) is 12.5. The zero-order valence-corrected chi connectivity index (χ0v) is 16.1. The van der Waals surface area contributed by atoms with Crippen LogP contribution in [0.15, 0.2) is 64.1 Å². The highest BCUT2D eigenvalue weighted by atomic mass is 79.9. The Labute approximate surface area is 159 Å². The maximum atomic E-state index is 13.5. The number of rotatable bonds is 2. The van der Waals surface area contributed by atoms with Crippen molar-refractivity contribution in [3.8, 4) is 0 Å². The van der Waals surface area contributed by atoms with Crippen molar-refractivity contribution in [3.05, 3.63) is 64.8 Å². The van der Waals surface area contributed by atoms with Gasteiger partial charge in [-0.2, -0.15) is 0 Å². The van der Waals surface area contributed by atoms with Crippen molar-refractivity contribution < 1.29 is 13.2 Å². The summed E-state index contributed by atoms with van der Waals surface area (Å²) in [5, 5.41) is 0.736. The van der Waals surface area contributed by atoms with Crippen LogP contribution >= 0.6 is 15.9 Å². The third-order valence-electron chi connectivity index (χ3n) is 4.44. The van der Waals surface area contributed by atoms with E-state index >= 15 is 0 Å². The molecule has 0 aliphatic carbocycles.